The number of rotatable bonds is 1. The molecule has 1 N–H and O–H groups in total. The Labute approximate surface area is 153 Å². The molecule has 0 bridgehead atoms. The molecular weight excluding hydrogens is 308 g/mol. The van der Waals surface area contributed by atoms with E-state index in [1.54, 1.807) is 33.5 Å². The fourth-order valence-electron chi connectivity index (χ4n) is 5.07. The first-order valence-corrected chi connectivity index (χ1v) is 9.81. The first kappa shape index (κ1) is 18.5. The number of aryl methyl sites for hydroxylation is 1. The Morgan fingerprint density at radius 2 is 1.92 bits per heavy atom. The van der Waals surface area contributed by atoms with Crippen molar-refractivity contribution in [1.82, 2.24) is 0 Å². The minimum atomic E-state index is -0.500. The van der Waals surface area contributed by atoms with Crippen molar-refractivity contribution in [3.05, 3.63) is 35.4 Å². The van der Waals surface area contributed by atoms with E-state index in [0.717, 1.165) is 17.6 Å². The normalized spacial score (nSPS) is 30.2. The van der Waals surface area contributed by atoms with Gasteiger partial charge in [-0.15, -0.1) is 0 Å². The Kier molecular flexibility index (Phi) is 5.03. The van der Waals surface area contributed by atoms with E-state index in [1.165, 1.54) is 49.7 Å². The molecular formula is C23H34O2. The molecule has 1 fully saturated rings. The van der Waals surface area contributed by atoms with Gasteiger partial charge < -0.3 is 9.84 Å². The van der Waals surface area contributed by atoms with Crippen molar-refractivity contribution < 1.29 is 9.84 Å². The molecule has 0 saturated heterocycles. The lowest BCUT2D eigenvalue weighted by Crippen LogP contribution is -2.34. The molecule has 4 rings (SSSR count). The van der Waals surface area contributed by atoms with Gasteiger partial charge in [-0.05, 0) is 99.0 Å². The first-order valence-electron chi connectivity index (χ1n) is 9.81. The molecule has 0 aliphatic heterocycles. The number of allylic oxidation sites excluding steroid dienone is 2. The van der Waals surface area contributed by atoms with Gasteiger partial charge in [-0.1, -0.05) is 25.5 Å². The summed E-state index contributed by atoms with van der Waals surface area (Å²) in [6.45, 7) is 7.76. The summed E-state index contributed by atoms with van der Waals surface area (Å²) in [6.07, 6.45) is 10.7. The van der Waals surface area contributed by atoms with E-state index in [-0.39, 0.29) is 0 Å². The predicted octanol–water partition coefficient (Wildman–Crippen LogP) is 5.63. The van der Waals surface area contributed by atoms with Gasteiger partial charge in [0.25, 0.3) is 0 Å². The van der Waals surface area contributed by atoms with Gasteiger partial charge in [-0.25, -0.2) is 0 Å². The average molecular weight is 343 g/mol. The van der Waals surface area contributed by atoms with Gasteiger partial charge in [0.1, 0.15) is 5.75 Å². The van der Waals surface area contributed by atoms with Crippen molar-refractivity contribution in [2.45, 2.75) is 71.8 Å². The molecule has 2 heteroatoms. The van der Waals surface area contributed by atoms with E-state index < -0.39 is 5.60 Å². The van der Waals surface area contributed by atoms with Crippen LogP contribution in [0.1, 0.15) is 70.9 Å². The molecule has 1 saturated carbocycles. The fourth-order valence-corrected chi connectivity index (χ4v) is 5.07. The summed E-state index contributed by atoms with van der Waals surface area (Å²) in [7, 11) is 1.76. The van der Waals surface area contributed by atoms with Crippen LogP contribution in [0, 0.1) is 17.3 Å². The lowest BCUT2D eigenvalue weighted by atomic mass is 9.60. The van der Waals surface area contributed by atoms with Crippen LogP contribution in [0.15, 0.2) is 24.3 Å². The minimum absolute atomic E-state index is 0.500. The maximum atomic E-state index is 8.52. The maximum Gasteiger partial charge on any atom is 0.119 e. The van der Waals surface area contributed by atoms with Gasteiger partial charge in [0.15, 0.2) is 0 Å². The van der Waals surface area contributed by atoms with Gasteiger partial charge in [0, 0.05) is 0 Å². The molecule has 3 aliphatic carbocycles. The van der Waals surface area contributed by atoms with E-state index in [0.29, 0.717) is 5.41 Å². The number of hydrogen-bond acceptors (Lipinski definition) is 2. The first-order chi connectivity index (χ1) is 11.7. The number of aliphatic hydroxyl groups is 1. The van der Waals surface area contributed by atoms with Crippen LogP contribution in [0.25, 0.3) is 5.57 Å². The number of methoxy groups -OCH3 is 1. The van der Waals surface area contributed by atoms with Crippen LogP contribution in [-0.4, -0.2) is 17.8 Å². The van der Waals surface area contributed by atoms with Gasteiger partial charge in [0.05, 0.1) is 12.7 Å². The van der Waals surface area contributed by atoms with Crippen molar-refractivity contribution in [3.8, 4) is 5.75 Å². The van der Waals surface area contributed by atoms with Gasteiger partial charge in [-0.2, -0.15) is 0 Å². The number of fused-ring (bicyclic) bond motifs is 5. The quantitative estimate of drug-likeness (QED) is 0.717. The van der Waals surface area contributed by atoms with Crippen LogP contribution in [0.3, 0.4) is 0 Å². The third kappa shape index (κ3) is 3.95. The van der Waals surface area contributed by atoms with E-state index >= 15 is 0 Å². The molecule has 1 unspecified atom stereocenters. The molecule has 0 radical (unpaired) electrons. The van der Waals surface area contributed by atoms with Gasteiger partial charge in [-0.3, -0.25) is 0 Å². The largest absolute Gasteiger partial charge is 0.497 e. The Balaban J connectivity index is 0.000000324. The molecule has 3 atom stereocenters. The van der Waals surface area contributed by atoms with Crippen LogP contribution in [0.2, 0.25) is 0 Å². The Morgan fingerprint density at radius 1 is 1.20 bits per heavy atom. The summed E-state index contributed by atoms with van der Waals surface area (Å²) in [5.74, 6) is 2.75. The summed E-state index contributed by atoms with van der Waals surface area (Å²) >= 11 is 0. The minimum Gasteiger partial charge on any atom is -0.497 e. The Morgan fingerprint density at radius 3 is 2.60 bits per heavy atom. The zero-order valence-electron chi connectivity index (χ0n) is 16.6. The zero-order valence-corrected chi connectivity index (χ0v) is 16.6. The van der Waals surface area contributed by atoms with Crippen LogP contribution in [-0.2, 0) is 6.42 Å². The molecule has 138 valence electrons. The van der Waals surface area contributed by atoms with Crippen molar-refractivity contribution >= 4 is 5.57 Å². The fraction of sp³-hybridized carbons (Fsp3) is 0.652. The Bertz CT molecular complexity index is 647. The summed E-state index contributed by atoms with van der Waals surface area (Å²) in [5, 5.41) is 8.52. The second kappa shape index (κ2) is 6.79. The van der Waals surface area contributed by atoms with Crippen LogP contribution >= 0.6 is 0 Å². The highest BCUT2D eigenvalue weighted by molar-refractivity contribution is 5.73. The molecule has 0 aromatic heterocycles. The summed E-state index contributed by atoms with van der Waals surface area (Å²) in [5.41, 5.74) is 4.75. The smallest absolute Gasteiger partial charge is 0.119 e. The Hall–Kier alpha value is -1.28. The van der Waals surface area contributed by atoms with Crippen molar-refractivity contribution in [2.75, 3.05) is 7.11 Å². The van der Waals surface area contributed by atoms with Gasteiger partial charge in [0.2, 0.25) is 0 Å². The van der Waals surface area contributed by atoms with Crippen LogP contribution < -0.4 is 4.74 Å². The highest BCUT2D eigenvalue weighted by Crippen LogP contribution is 2.58. The highest BCUT2D eigenvalue weighted by Gasteiger charge is 2.46. The topological polar surface area (TPSA) is 29.5 Å². The molecule has 2 nitrogen and oxygen atoms in total. The second-order valence-corrected chi connectivity index (χ2v) is 9.36. The molecule has 3 aliphatic rings. The molecule has 0 spiro atoms. The summed E-state index contributed by atoms with van der Waals surface area (Å²) in [6, 6.07) is 6.67. The van der Waals surface area contributed by atoms with Gasteiger partial charge >= 0.3 is 0 Å². The molecule has 0 heterocycles. The van der Waals surface area contributed by atoms with E-state index in [2.05, 4.69) is 31.2 Å². The maximum absolute atomic E-state index is 8.52. The van der Waals surface area contributed by atoms with E-state index in [1.807, 2.05) is 0 Å². The second-order valence-electron chi connectivity index (χ2n) is 9.36. The summed E-state index contributed by atoms with van der Waals surface area (Å²) in [4.78, 5) is 0. The monoisotopic (exact) mass is 342 g/mol. The third-order valence-corrected chi connectivity index (χ3v) is 6.18. The van der Waals surface area contributed by atoms with Crippen molar-refractivity contribution in [1.29, 1.82) is 0 Å². The molecule has 25 heavy (non-hydrogen) atoms. The van der Waals surface area contributed by atoms with Crippen LogP contribution in [0.5, 0.6) is 5.75 Å². The number of benzene rings is 1. The average Bonchev–Trinajstić information content (AvgIpc) is 2.94. The van der Waals surface area contributed by atoms with Crippen LogP contribution in [0.4, 0.5) is 0 Å². The van der Waals surface area contributed by atoms with Crippen molar-refractivity contribution in [3.63, 3.8) is 0 Å². The summed E-state index contributed by atoms with van der Waals surface area (Å²) < 4.78 is 5.38. The lowest BCUT2D eigenvalue weighted by molar-refractivity contribution is 0.102. The van der Waals surface area contributed by atoms with E-state index in [4.69, 9.17) is 9.84 Å². The zero-order chi connectivity index (χ0) is 18.2. The standard InChI is InChI=1S/C19H24O.C4H10O/c1-19-10-3-4-18(19)17-7-5-13-12-14(20-2)6-8-15(13)16(17)9-11-19;1-4(2,3)5/h6,8-9,12,17-18H,3-5,7,10-11H2,1-2H3;5H,1-3H3/t17?,18-,19-;/m1./s1. The number of ether oxygens (including phenoxy) is 1. The SMILES string of the molecule is CC(C)(C)O.COc1ccc2c(c1)CCC1C2=CC[C@@]2(C)CCC[C@H]12. The molecule has 1 aromatic rings. The molecule has 1 aromatic carbocycles. The molecule has 0 amide bonds. The lowest BCUT2D eigenvalue weighted by Gasteiger charge is -2.44. The number of hydrogen-bond donors (Lipinski definition) is 1. The third-order valence-electron chi connectivity index (χ3n) is 6.18. The predicted molar refractivity (Wildman–Crippen MR) is 105 cm³/mol. The highest BCUT2D eigenvalue weighted by atomic mass is 16.5. The van der Waals surface area contributed by atoms with E-state index in [9.17, 15) is 0 Å². The van der Waals surface area contributed by atoms with Crippen molar-refractivity contribution in [2.24, 2.45) is 17.3 Å².